The van der Waals surface area contributed by atoms with E-state index in [0.29, 0.717) is 21.6 Å². The number of carbonyl (C=O) groups is 1. The van der Waals surface area contributed by atoms with Gasteiger partial charge < -0.3 is 9.73 Å². The summed E-state index contributed by atoms with van der Waals surface area (Å²) in [5, 5.41) is 5.77. The molecule has 2 aromatic rings. The average molecular weight is 271 g/mol. The summed E-state index contributed by atoms with van der Waals surface area (Å²) < 4.78 is 4.96. The number of hydrogen-bond acceptors (Lipinski definition) is 2. The first kappa shape index (κ1) is 11.8. The summed E-state index contributed by atoms with van der Waals surface area (Å²) in [7, 11) is 0. The van der Waals surface area contributed by atoms with Gasteiger partial charge in [-0.2, -0.15) is 0 Å². The summed E-state index contributed by atoms with van der Waals surface area (Å²) in [6, 6.07) is 7.77. The monoisotopic (exact) mass is 270 g/mol. The molecule has 0 atom stereocenters. The highest BCUT2D eigenvalue weighted by molar-refractivity contribution is 6.39. The van der Waals surface area contributed by atoms with E-state index >= 15 is 0 Å². The standard InChI is InChI=1S/C11H8Cl2N2O2/c12-7-3-1-4-8(13)10(7)15-11(16)14-9-5-2-6-17-9/h1-6H,(H2,14,15,16). The van der Waals surface area contributed by atoms with Gasteiger partial charge in [0.25, 0.3) is 0 Å². The van der Waals surface area contributed by atoms with Crippen molar-refractivity contribution in [2.45, 2.75) is 0 Å². The summed E-state index contributed by atoms with van der Waals surface area (Å²) in [4.78, 5) is 11.6. The Bertz CT molecular complexity index is 506. The van der Waals surface area contributed by atoms with Gasteiger partial charge >= 0.3 is 6.03 Å². The summed E-state index contributed by atoms with van der Waals surface area (Å²) in [6.07, 6.45) is 1.46. The van der Waals surface area contributed by atoms with Crippen LogP contribution >= 0.6 is 23.2 Å². The van der Waals surface area contributed by atoms with E-state index in [-0.39, 0.29) is 0 Å². The molecule has 1 aromatic heterocycles. The summed E-state index contributed by atoms with van der Waals surface area (Å²) in [6.45, 7) is 0. The Labute approximate surface area is 108 Å². The third kappa shape index (κ3) is 2.93. The van der Waals surface area contributed by atoms with Crippen molar-refractivity contribution in [3.05, 3.63) is 46.6 Å². The predicted molar refractivity (Wildman–Crippen MR) is 67.8 cm³/mol. The molecule has 0 bridgehead atoms. The Morgan fingerprint density at radius 1 is 1.06 bits per heavy atom. The maximum absolute atomic E-state index is 11.6. The van der Waals surface area contributed by atoms with Crippen molar-refractivity contribution < 1.29 is 9.21 Å². The van der Waals surface area contributed by atoms with E-state index in [0.717, 1.165) is 0 Å². The number of amides is 2. The van der Waals surface area contributed by atoms with Gasteiger partial charge in [0.1, 0.15) is 0 Å². The molecule has 2 amide bonds. The molecule has 2 N–H and O–H groups in total. The number of halogens is 2. The maximum atomic E-state index is 11.6. The fourth-order valence-electron chi connectivity index (χ4n) is 1.22. The SMILES string of the molecule is O=C(Nc1ccco1)Nc1c(Cl)cccc1Cl. The number of anilines is 2. The molecule has 0 aliphatic rings. The number of nitrogens with one attached hydrogen (secondary N) is 2. The molecule has 2 rings (SSSR count). The van der Waals surface area contributed by atoms with Crippen LogP contribution in [0, 0.1) is 0 Å². The van der Waals surface area contributed by atoms with Gasteiger partial charge in [0.15, 0.2) is 0 Å². The molecule has 0 saturated heterocycles. The van der Waals surface area contributed by atoms with E-state index < -0.39 is 6.03 Å². The van der Waals surface area contributed by atoms with Crippen molar-refractivity contribution in [1.29, 1.82) is 0 Å². The molecule has 0 aliphatic heterocycles. The molecule has 0 aliphatic carbocycles. The molecule has 4 nitrogen and oxygen atoms in total. The number of carbonyl (C=O) groups excluding carboxylic acids is 1. The van der Waals surface area contributed by atoms with Crippen molar-refractivity contribution in [2.75, 3.05) is 10.6 Å². The molecule has 1 aromatic carbocycles. The smallest absolute Gasteiger partial charge is 0.326 e. The number of hydrogen-bond donors (Lipinski definition) is 2. The molecule has 0 spiro atoms. The predicted octanol–water partition coefficient (Wildman–Crippen LogP) is 4.23. The van der Waals surface area contributed by atoms with E-state index in [2.05, 4.69) is 10.6 Å². The van der Waals surface area contributed by atoms with E-state index in [1.807, 2.05) is 0 Å². The highest BCUT2D eigenvalue weighted by Crippen LogP contribution is 2.29. The van der Waals surface area contributed by atoms with Crippen LogP contribution in [-0.4, -0.2) is 6.03 Å². The van der Waals surface area contributed by atoms with Gasteiger partial charge in [-0.3, -0.25) is 5.32 Å². The van der Waals surface area contributed by atoms with Gasteiger partial charge in [0.05, 0.1) is 22.0 Å². The highest BCUT2D eigenvalue weighted by Gasteiger charge is 2.10. The van der Waals surface area contributed by atoms with Crippen LogP contribution in [-0.2, 0) is 0 Å². The lowest BCUT2D eigenvalue weighted by atomic mass is 10.3. The van der Waals surface area contributed by atoms with Crippen LogP contribution in [0.4, 0.5) is 16.4 Å². The first-order valence-corrected chi connectivity index (χ1v) is 5.48. The second kappa shape index (κ2) is 5.12. The van der Waals surface area contributed by atoms with Crippen LogP contribution in [0.1, 0.15) is 0 Å². The van der Waals surface area contributed by atoms with Gasteiger partial charge in [-0.05, 0) is 18.2 Å². The highest BCUT2D eigenvalue weighted by atomic mass is 35.5. The van der Waals surface area contributed by atoms with Crippen molar-refractivity contribution in [2.24, 2.45) is 0 Å². The molecule has 6 heteroatoms. The number of furan rings is 1. The summed E-state index contributed by atoms with van der Waals surface area (Å²) in [5.74, 6) is 0.339. The molecule has 0 fully saturated rings. The van der Waals surface area contributed by atoms with Crippen LogP contribution < -0.4 is 10.6 Å². The lowest BCUT2D eigenvalue weighted by Crippen LogP contribution is -2.19. The van der Waals surface area contributed by atoms with Gasteiger partial charge in [-0.15, -0.1) is 0 Å². The van der Waals surface area contributed by atoms with Crippen molar-refractivity contribution >= 4 is 40.8 Å². The lowest BCUT2D eigenvalue weighted by molar-refractivity contribution is 0.261. The Kier molecular flexibility index (Phi) is 3.56. The first-order valence-electron chi connectivity index (χ1n) is 4.72. The van der Waals surface area contributed by atoms with E-state index in [9.17, 15) is 4.79 Å². The molecule has 17 heavy (non-hydrogen) atoms. The molecular weight excluding hydrogens is 263 g/mol. The van der Waals surface area contributed by atoms with Crippen LogP contribution in [0.5, 0.6) is 0 Å². The lowest BCUT2D eigenvalue weighted by Gasteiger charge is -2.08. The zero-order valence-electron chi connectivity index (χ0n) is 8.54. The Balaban J connectivity index is 2.08. The average Bonchev–Trinajstić information content (AvgIpc) is 2.76. The molecule has 88 valence electrons. The molecule has 0 unspecified atom stereocenters. The molecule has 1 heterocycles. The zero-order valence-corrected chi connectivity index (χ0v) is 10.0. The minimum absolute atomic E-state index is 0.339. The number of rotatable bonds is 2. The van der Waals surface area contributed by atoms with E-state index in [1.165, 1.54) is 6.26 Å². The largest absolute Gasteiger partial charge is 0.449 e. The maximum Gasteiger partial charge on any atom is 0.326 e. The first-order chi connectivity index (χ1) is 8.16. The van der Waals surface area contributed by atoms with Crippen molar-refractivity contribution in [1.82, 2.24) is 0 Å². The third-order valence-electron chi connectivity index (χ3n) is 1.96. The third-order valence-corrected chi connectivity index (χ3v) is 2.59. The number of para-hydroxylation sites is 1. The Morgan fingerprint density at radius 3 is 2.35 bits per heavy atom. The normalized spacial score (nSPS) is 10.0. The number of urea groups is 1. The van der Waals surface area contributed by atoms with Crippen molar-refractivity contribution in [3.8, 4) is 0 Å². The van der Waals surface area contributed by atoms with Crippen LogP contribution in [0.3, 0.4) is 0 Å². The van der Waals surface area contributed by atoms with E-state index in [4.69, 9.17) is 27.6 Å². The minimum Gasteiger partial charge on any atom is -0.449 e. The summed E-state index contributed by atoms with van der Waals surface area (Å²) >= 11 is 11.8. The second-order valence-electron chi connectivity index (χ2n) is 3.15. The fraction of sp³-hybridized carbons (Fsp3) is 0. The summed E-state index contributed by atoms with van der Waals surface area (Å²) in [5.41, 5.74) is 0.361. The fourth-order valence-corrected chi connectivity index (χ4v) is 1.72. The molecular formula is C11H8Cl2N2O2. The minimum atomic E-state index is -0.477. The van der Waals surface area contributed by atoms with Crippen LogP contribution in [0.2, 0.25) is 10.0 Å². The van der Waals surface area contributed by atoms with Crippen molar-refractivity contribution in [3.63, 3.8) is 0 Å². The van der Waals surface area contributed by atoms with Gasteiger partial charge in [0, 0.05) is 6.07 Å². The zero-order chi connectivity index (χ0) is 12.3. The van der Waals surface area contributed by atoms with Gasteiger partial charge in [-0.25, -0.2) is 4.79 Å². The van der Waals surface area contributed by atoms with E-state index in [1.54, 1.807) is 30.3 Å². The van der Waals surface area contributed by atoms with Gasteiger partial charge in [-0.1, -0.05) is 29.3 Å². The Morgan fingerprint density at radius 2 is 1.76 bits per heavy atom. The second-order valence-corrected chi connectivity index (χ2v) is 3.97. The Hall–Kier alpha value is -1.65. The quantitative estimate of drug-likeness (QED) is 0.858. The number of benzene rings is 1. The van der Waals surface area contributed by atoms with Gasteiger partial charge in [0.2, 0.25) is 5.88 Å². The molecule has 0 radical (unpaired) electrons. The van der Waals surface area contributed by atoms with Crippen LogP contribution in [0.25, 0.3) is 0 Å². The topological polar surface area (TPSA) is 54.3 Å². The van der Waals surface area contributed by atoms with Crippen LogP contribution in [0.15, 0.2) is 41.0 Å². The molecule has 0 saturated carbocycles.